The molecular formula is C16H15NO. The molecule has 0 atom stereocenters. The third-order valence-corrected chi connectivity index (χ3v) is 3.27. The fourth-order valence-electron chi connectivity index (χ4n) is 2.30. The van der Waals surface area contributed by atoms with Crippen LogP contribution in [0.15, 0.2) is 60.8 Å². The highest BCUT2D eigenvalue weighted by Gasteiger charge is 2.04. The third-order valence-electron chi connectivity index (χ3n) is 3.27. The molecule has 0 amide bonds. The van der Waals surface area contributed by atoms with Crippen molar-refractivity contribution in [3.05, 3.63) is 66.4 Å². The summed E-state index contributed by atoms with van der Waals surface area (Å²) in [5, 5.41) is 10.7. The Morgan fingerprint density at radius 2 is 1.72 bits per heavy atom. The molecule has 1 aromatic heterocycles. The lowest BCUT2D eigenvalue weighted by Gasteiger charge is -2.06. The molecule has 1 heterocycles. The number of rotatable bonds is 3. The maximum atomic E-state index is 9.76. The van der Waals surface area contributed by atoms with Crippen LogP contribution >= 0.6 is 0 Å². The maximum absolute atomic E-state index is 9.76. The minimum absolute atomic E-state index is 0.353. The van der Waals surface area contributed by atoms with Gasteiger partial charge in [0.25, 0.3) is 0 Å². The van der Waals surface area contributed by atoms with Gasteiger partial charge in [0, 0.05) is 18.1 Å². The number of hydrogen-bond donors (Lipinski definition) is 1. The van der Waals surface area contributed by atoms with Crippen LogP contribution < -0.4 is 0 Å². The summed E-state index contributed by atoms with van der Waals surface area (Å²) in [4.78, 5) is 0. The molecule has 90 valence electrons. The average molecular weight is 237 g/mol. The monoisotopic (exact) mass is 237 g/mol. The highest BCUT2D eigenvalue weighted by Crippen LogP contribution is 2.25. The summed E-state index contributed by atoms with van der Waals surface area (Å²) in [5.41, 5.74) is 2.42. The number of aromatic hydroxyl groups is 1. The van der Waals surface area contributed by atoms with Crippen molar-refractivity contribution in [2.75, 3.05) is 0 Å². The minimum atomic E-state index is 0.353. The van der Waals surface area contributed by atoms with Gasteiger partial charge in [0.2, 0.25) is 0 Å². The van der Waals surface area contributed by atoms with E-state index < -0.39 is 0 Å². The van der Waals surface area contributed by atoms with E-state index in [0.29, 0.717) is 5.75 Å². The fourth-order valence-corrected chi connectivity index (χ4v) is 2.30. The summed E-state index contributed by atoms with van der Waals surface area (Å²) < 4.78 is 2.18. The van der Waals surface area contributed by atoms with Crippen LogP contribution in [0.4, 0.5) is 0 Å². The Kier molecular flexibility index (Phi) is 2.77. The molecular weight excluding hydrogens is 222 g/mol. The van der Waals surface area contributed by atoms with E-state index in [2.05, 4.69) is 28.8 Å². The molecule has 0 saturated carbocycles. The molecule has 0 spiro atoms. The van der Waals surface area contributed by atoms with Crippen LogP contribution in [-0.2, 0) is 13.0 Å². The summed E-state index contributed by atoms with van der Waals surface area (Å²) in [5.74, 6) is 0.353. The number of aromatic nitrogens is 1. The quantitative estimate of drug-likeness (QED) is 0.740. The van der Waals surface area contributed by atoms with Gasteiger partial charge in [0.15, 0.2) is 0 Å². The predicted octanol–water partition coefficient (Wildman–Crippen LogP) is 3.59. The van der Waals surface area contributed by atoms with Crippen LogP contribution in [-0.4, -0.2) is 9.67 Å². The first kappa shape index (κ1) is 10.9. The van der Waals surface area contributed by atoms with Gasteiger partial charge in [0.1, 0.15) is 5.75 Å². The number of phenolic OH excluding ortho intramolecular Hbond substituents is 1. The van der Waals surface area contributed by atoms with Crippen molar-refractivity contribution in [2.45, 2.75) is 13.0 Å². The van der Waals surface area contributed by atoms with E-state index in [4.69, 9.17) is 0 Å². The zero-order valence-corrected chi connectivity index (χ0v) is 10.1. The van der Waals surface area contributed by atoms with Crippen molar-refractivity contribution >= 4 is 10.9 Å². The lowest BCUT2D eigenvalue weighted by Crippen LogP contribution is -1.99. The molecule has 18 heavy (non-hydrogen) atoms. The van der Waals surface area contributed by atoms with Crippen molar-refractivity contribution in [3.8, 4) is 5.75 Å². The predicted molar refractivity (Wildman–Crippen MR) is 73.7 cm³/mol. The van der Waals surface area contributed by atoms with E-state index in [1.807, 2.05) is 30.5 Å². The lowest BCUT2D eigenvalue weighted by molar-refractivity contribution is 0.481. The largest absolute Gasteiger partial charge is 0.507 e. The first-order chi connectivity index (χ1) is 8.84. The second-order valence-electron chi connectivity index (χ2n) is 4.45. The van der Waals surface area contributed by atoms with E-state index >= 15 is 0 Å². The van der Waals surface area contributed by atoms with Gasteiger partial charge in [-0.3, -0.25) is 0 Å². The lowest BCUT2D eigenvalue weighted by atomic mass is 10.1. The van der Waals surface area contributed by atoms with E-state index in [-0.39, 0.29) is 0 Å². The Labute approximate surface area is 106 Å². The molecule has 0 aliphatic heterocycles. The van der Waals surface area contributed by atoms with Crippen LogP contribution in [0.3, 0.4) is 0 Å². The molecule has 2 nitrogen and oxygen atoms in total. The fraction of sp³-hybridized carbons (Fsp3) is 0.125. The average Bonchev–Trinajstić information content (AvgIpc) is 2.82. The minimum Gasteiger partial charge on any atom is -0.507 e. The Bertz CT molecular complexity index is 655. The van der Waals surface area contributed by atoms with Crippen LogP contribution in [0.25, 0.3) is 10.9 Å². The molecule has 0 fully saturated rings. The zero-order chi connectivity index (χ0) is 12.4. The topological polar surface area (TPSA) is 25.2 Å². The van der Waals surface area contributed by atoms with E-state index in [1.54, 1.807) is 6.07 Å². The van der Waals surface area contributed by atoms with Crippen molar-refractivity contribution in [3.63, 3.8) is 0 Å². The van der Waals surface area contributed by atoms with Crippen molar-refractivity contribution in [2.24, 2.45) is 0 Å². The second kappa shape index (κ2) is 4.57. The van der Waals surface area contributed by atoms with Gasteiger partial charge in [0.05, 0.1) is 5.52 Å². The summed E-state index contributed by atoms with van der Waals surface area (Å²) in [6, 6.07) is 18.1. The van der Waals surface area contributed by atoms with Gasteiger partial charge in [-0.25, -0.2) is 0 Å². The summed E-state index contributed by atoms with van der Waals surface area (Å²) in [6.45, 7) is 0.928. The molecule has 3 aromatic rings. The molecule has 0 radical (unpaired) electrons. The summed E-state index contributed by atoms with van der Waals surface area (Å²) >= 11 is 0. The van der Waals surface area contributed by atoms with E-state index in [9.17, 15) is 5.11 Å². The second-order valence-corrected chi connectivity index (χ2v) is 4.45. The molecule has 1 N–H and O–H groups in total. The molecule has 0 unspecified atom stereocenters. The van der Waals surface area contributed by atoms with Gasteiger partial charge in [-0.2, -0.15) is 0 Å². The molecule has 2 aromatic carbocycles. The first-order valence-electron chi connectivity index (χ1n) is 6.15. The molecule has 2 heteroatoms. The Hall–Kier alpha value is -2.22. The van der Waals surface area contributed by atoms with Crippen LogP contribution in [0, 0.1) is 0 Å². The first-order valence-corrected chi connectivity index (χ1v) is 6.15. The van der Waals surface area contributed by atoms with Gasteiger partial charge in [-0.05, 0) is 30.2 Å². The maximum Gasteiger partial charge on any atom is 0.124 e. The highest BCUT2D eigenvalue weighted by atomic mass is 16.3. The summed E-state index contributed by atoms with van der Waals surface area (Å²) in [6.07, 6.45) is 3.04. The molecule has 3 rings (SSSR count). The molecule has 0 saturated heterocycles. The smallest absolute Gasteiger partial charge is 0.124 e. The Morgan fingerprint density at radius 3 is 2.56 bits per heavy atom. The number of nitrogens with zero attached hydrogens (tertiary/aromatic N) is 1. The summed E-state index contributed by atoms with van der Waals surface area (Å²) in [7, 11) is 0. The number of benzene rings is 2. The third kappa shape index (κ3) is 1.97. The Balaban J connectivity index is 1.85. The SMILES string of the molecule is Oc1cccc2c1ccn2CCc1ccccc1. The van der Waals surface area contributed by atoms with Crippen LogP contribution in [0.2, 0.25) is 0 Å². The number of phenols is 1. The number of aryl methyl sites for hydroxylation is 2. The standard InChI is InChI=1S/C16H15NO/c18-16-8-4-7-15-14(16)10-12-17(15)11-9-13-5-2-1-3-6-13/h1-8,10,12,18H,9,11H2. The normalized spacial score (nSPS) is 10.9. The number of hydrogen-bond acceptors (Lipinski definition) is 1. The Morgan fingerprint density at radius 1 is 0.889 bits per heavy atom. The number of fused-ring (bicyclic) bond motifs is 1. The van der Waals surface area contributed by atoms with E-state index in [1.165, 1.54) is 5.56 Å². The van der Waals surface area contributed by atoms with E-state index in [0.717, 1.165) is 23.9 Å². The van der Waals surface area contributed by atoms with Gasteiger partial charge in [-0.15, -0.1) is 0 Å². The van der Waals surface area contributed by atoms with Crippen molar-refractivity contribution < 1.29 is 5.11 Å². The van der Waals surface area contributed by atoms with Gasteiger partial charge >= 0.3 is 0 Å². The molecule has 0 aliphatic rings. The zero-order valence-electron chi connectivity index (χ0n) is 10.1. The highest BCUT2D eigenvalue weighted by molar-refractivity contribution is 5.86. The van der Waals surface area contributed by atoms with Crippen LogP contribution in [0.5, 0.6) is 5.75 Å². The van der Waals surface area contributed by atoms with Crippen LogP contribution in [0.1, 0.15) is 5.56 Å². The van der Waals surface area contributed by atoms with Crippen molar-refractivity contribution in [1.29, 1.82) is 0 Å². The van der Waals surface area contributed by atoms with Gasteiger partial charge < -0.3 is 9.67 Å². The van der Waals surface area contributed by atoms with Crippen molar-refractivity contribution in [1.82, 2.24) is 4.57 Å². The molecule has 0 aliphatic carbocycles. The molecule has 0 bridgehead atoms. The van der Waals surface area contributed by atoms with Gasteiger partial charge in [-0.1, -0.05) is 36.4 Å².